The summed E-state index contributed by atoms with van der Waals surface area (Å²) in [5.74, 6) is 0.348. The van der Waals surface area contributed by atoms with E-state index in [9.17, 15) is 9.13 Å². The molecule has 0 saturated carbocycles. The monoisotopic (exact) mass is 426 g/mol. The summed E-state index contributed by atoms with van der Waals surface area (Å²) in [6.45, 7) is -0.636. The number of aromatic nitrogens is 4. The Morgan fingerprint density at radius 1 is 1.33 bits per heavy atom. The summed E-state index contributed by atoms with van der Waals surface area (Å²) in [5, 5.41) is 0. The van der Waals surface area contributed by atoms with Crippen molar-refractivity contribution in [2.75, 3.05) is 12.3 Å². The summed E-state index contributed by atoms with van der Waals surface area (Å²) >= 11 is 0. The maximum atomic E-state index is 11.2. The molecule has 1 aliphatic rings. The lowest BCUT2D eigenvalue weighted by Gasteiger charge is -2.19. The zero-order valence-corrected chi connectivity index (χ0v) is 15.7. The molecule has 3 atom stereocenters. The van der Waals surface area contributed by atoms with Gasteiger partial charge in [-0.05, 0) is 0 Å². The lowest BCUT2D eigenvalue weighted by atomic mass is 10.2. The Morgan fingerprint density at radius 3 is 2.67 bits per heavy atom. The van der Waals surface area contributed by atoms with Gasteiger partial charge in [0.1, 0.15) is 24.8 Å². The third kappa shape index (κ3) is 4.69. The van der Waals surface area contributed by atoms with Crippen LogP contribution in [0, 0.1) is 0 Å². The van der Waals surface area contributed by atoms with Crippen molar-refractivity contribution in [1.29, 1.82) is 0 Å². The highest BCUT2D eigenvalue weighted by Crippen LogP contribution is 2.45. The normalized spacial score (nSPS) is 24.0. The van der Waals surface area contributed by atoms with Gasteiger partial charge in [-0.3, -0.25) is 13.6 Å². The van der Waals surface area contributed by atoms with E-state index in [2.05, 4.69) is 19.0 Å². The van der Waals surface area contributed by atoms with E-state index < -0.39 is 40.7 Å². The molecule has 14 nitrogen and oxygen atoms in total. The minimum atomic E-state index is -4.88. The molecule has 1 fully saturated rings. The fraction of sp³-hybridized carbons (Fsp3) is 0.545. The summed E-state index contributed by atoms with van der Waals surface area (Å²) in [6, 6.07) is 0. The van der Waals surface area contributed by atoms with Crippen molar-refractivity contribution >= 4 is 32.6 Å². The van der Waals surface area contributed by atoms with Gasteiger partial charge >= 0.3 is 15.6 Å². The molecule has 1 aliphatic heterocycles. The van der Waals surface area contributed by atoms with Gasteiger partial charge in [-0.15, -0.1) is 0 Å². The molecular formula is C11H18N5O9P2+. The number of phosphoric acid groups is 2. The molecule has 0 bridgehead atoms. The molecule has 0 amide bonds. The van der Waals surface area contributed by atoms with Gasteiger partial charge in [0.15, 0.2) is 5.52 Å². The van der Waals surface area contributed by atoms with E-state index in [1.54, 1.807) is 11.6 Å². The van der Waals surface area contributed by atoms with Gasteiger partial charge in [0, 0.05) is 6.42 Å². The summed E-state index contributed by atoms with van der Waals surface area (Å²) in [7, 11) is -8.00. The fourth-order valence-corrected chi connectivity index (χ4v) is 3.64. The lowest BCUT2D eigenvalue weighted by molar-refractivity contribution is -0.658. The highest BCUT2D eigenvalue weighted by Gasteiger charge is 2.42. The van der Waals surface area contributed by atoms with Gasteiger partial charge in [0.2, 0.25) is 12.0 Å². The molecule has 27 heavy (non-hydrogen) atoms. The molecule has 2 aromatic rings. The van der Waals surface area contributed by atoms with Crippen LogP contribution in [0.15, 0.2) is 12.7 Å². The maximum absolute atomic E-state index is 11.2. The molecule has 6 N–H and O–H groups in total. The number of hydrogen-bond acceptors (Lipinski definition) is 8. The van der Waals surface area contributed by atoms with E-state index in [0.29, 0.717) is 17.0 Å². The third-order valence-corrected chi connectivity index (χ3v) is 4.94. The minimum Gasteiger partial charge on any atom is -0.349 e. The fourth-order valence-electron chi connectivity index (χ4n) is 2.72. The number of nitrogens with zero attached hydrogens (tertiary/aromatic N) is 4. The number of fused-ring (bicyclic) bond motifs is 1. The average molecular weight is 426 g/mol. The second-order valence-corrected chi connectivity index (χ2v) is 8.28. The number of nitrogen functional groups attached to an aromatic ring is 1. The quantitative estimate of drug-likeness (QED) is 0.270. The molecule has 150 valence electrons. The van der Waals surface area contributed by atoms with Gasteiger partial charge in [0.25, 0.3) is 5.82 Å². The molecule has 0 spiro atoms. The standard InChI is InChI=1S/C11H17N5O9P2/c1-15-4-14-11-9(10(15)12)13-5-16(11)8-2-6(25-27(20,21)22)7(24-8)3-23-26(17,18)19/h4-8,12H,2-3H2,1H3,(H4,17,18,19,20,21,22)/p+1. The zero-order valence-electron chi connectivity index (χ0n) is 13.9. The average Bonchev–Trinajstić information content (AvgIpc) is 3.11. The molecular weight excluding hydrogens is 408 g/mol. The van der Waals surface area contributed by atoms with Gasteiger partial charge in [-0.2, -0.15) is 0 Å². The topological polar surface area (TPSA) is 203 Å². The summed E-state index contributed by atoms with van der Waals surface area (Å²) in [6.07, 6.45) is -0.352. The number of rotatable bonds is 6. The van der Waals surface area contributed by atoms with Crippen molar-refractivity contribution in [3.8, 4) is 0 Å². The molecule has 0 aliphatic carbocycles. The minimum absolute atomic E-state index is 0.0473. The highest BCUT2D eigenvalue weighted by atomic mass is 31.2. The van der Waals surface area contributed by atoms with Crippen LogP contribution in [0.1, 0.15) is 12.6 Å². The van der Waals surface area contributed by atoms with Crippen LogP contribution in [0.25, 0.3) is 11.2 Å². The molecule has 2 aromatic heterocycles. The number of imidazole rings is 1. The van der Waals surface area contributed by atoms with E-state index in [0.717, 1.165) is 0 Å². The van der Waals surface area contributed by atoms with Crippen molar-refractivity contribution in [2.24, 2.45) is 7.05 Å². The Labute approximate surface area is 152 Å². The lowest BCUT2D eigenvalue weighted by Crippen LogP contribution is -2.32. The van der Waals surface area contributed by atoms with Gasteiger partial charge < -0.3 is 30.0 Å². The summed E-state index contributed by atoms with van der Waals surface area (Å²) in [4.78, 5) is 44.2. The van der Waals surface area contributed by atoms with Crippen LogP contribution in [-0.4, -0.2) is 52.9 Å². The third-order valence-electron chi connectivity index (χ3n) is 3.91. The molecule has 3 rings (SSSR count). The Hall–Kier alpha value is -1.47. The Morgan fingerprint density at radius 2 is 2.04 bits per heavy atom. The van der Waals surface area contributed by atoms with Crippen molar-refractivity contribution in [2.45, 2.75) is 24.9 Å². The predicted molar refractivity (Wildman–Crippen MR) is 86.6 cm³/mol. The Balaban J connectivity index is 1.87. The Kier molecular flexibility index (Phi) is 5.38. The summed E-state index contributed by atoms with van der Waals surface area (Å²) < 4.78 is 39.9. The van der Waals surface area contributed by atoms with E-state index >= 15 is 0 Å². The first-order valence-electron chi connectivity index (χ1n) is 7.51. The number of hydrogen-bond donors (Lipinski definition) is 5. The van der Waals surface area contributed by atoms with Gasteiger partial charge in [-0.1, -0.05) is 4.98 Å². The van der Waals surface area contributed by atoms with E-state index in [-0.39, 0.29) is 6.42 Å². The van der Waals surface area contributed by atoms with Crippen LogP contribution in [0.4, 0.5) is 5.82 Å². The second kappa shape index (κ2) is 7.17. The number of anilines is 1. The zero-order chi connectivity index (χ0) is 20.0. The van der Waals surface area contributed by atoms with Crippen molar-refractivity contribution < 1.29 is 47.1 Å². The number of aryl methyl sites for hydroxylation is 1. The number of ether oxygens (including phenoxy) is 1. The van der Waals surface area contributed by atoms with Crippen LogP contribution in [-0.2, 0) is 30.0 Å². The van der Waals surface area contributed by atoms with E-state index in [4.69, 9.17) is 30.0 Å². The van der Waals surface area contributed by atoms with Crippen LogP contribution in [0.5, 0.6) is 0 Å². The molecule has 16 heteroatoms. The Bertz CT molecular complexity index is 940. The molecule has 1 saturated heterocycles. The predicted octanol–water partition coefficient (Wildman–Crippen LogP) is -1.29. The first kappa shape index (κ1) is 20.3. The first-order chi connectivity index (χ1) is 12.4. The molecule has 3 unspecified atom stereocenters. The first-order valence-corrected chi connectivity index (χ1v) is 10.6. The molecule has 0 radical (unpaired) electrons. The van der Waals surface area contributed by atoms with Crippen LogP contribution in [0.2, 0.25) is 0 Å². The van der Waals surface area contributed by atoms with Crippen molar-refractivity contribution in [3.63, 3.8) is 0 Å². The van der Waals surface area contributed by atoms with E-state index in [1.165, 1.54) is 17.2 Å². The SMILES string of the molecule is C[n+]1cnc2c(ncn2C2CC(OP(=O)(O)O)C(COP(=O)(O)O)O2)c1N. The van der Waals surface area contributed by atoms with Crippen LogP contribution in [0.3, 0.4) is 0 Å². The smallest absolute Gasteiger partial charge is 0.349 e. The summed E-state index contributed by atoms with van der Waals surface area (Å²) in [5.41, 5.74) is 6.69. The van der Waals surface area contributed by atoms with Gasteiger partial charge in [0.05, 0.1) is 13.7 Å². The van der Waals surface area contributed by atoms with E-state index in [1.807, 2.05) is 0 Å². The van der Waals surface area contributed by atoms with Crippen molar-refractivity contribution in [3.05, 3.63) is 12.7 Å². The van der Waals surface area contributed by atoms with Crippen molar-refractivity contribution in [1.82, 2.24) is 14.5 Å². The van der Waals surface area contributed by atoms with Crippen LogP contribution < -0.4 is 10.3 Å². The largest absolute Gasteiger partial charge is 0.469 e. The van der Waals surface area contributed by atoms with Gasteiger partial charge in [-0.25, -0.2) is 18.7 Å². The number of nitrogens with two attached hydrogens (primary N) is 1. The molecule has 0 aromatic carbocycles. The number of phosphoric ester groups is 2. The molecule has 3 heterocycles. The maximum Gasteiger partial charge on any atom is 0.469 e. The highest BCUT2D eigenvalue weighted by molar-refractivity contribution is 7.46. The van der Waals surface area contributed by atoms with Crippen LogP contribution >= 0.6 is 15.6 Å². The second-order valence-electron chi connectivity index (χ2n) is 5.85.